The molecule has 0 aliphatic carbocycles. The summed E-state index contributed by atoms with van der Waals surface area (Å²) in [4.78, 5) is 13.5. The van der Waals surface area contributed by atoms with Crippen molar-refractivity contribution in [2.75, 3.05) is 11.9 Å². The van der Waals surface area contributed by atoms with Gasteiger partial charge in [0.05, 0.1) is 0 Å². The molecule has 19 heavy (non-hydrogen) atoms. The Morgan fingerprint density at radius 1 is 1.42 bits per heavy atom. The molecule has 0 atom stereocenters. The SMILES string of the molecule is CCC(=O)O.Cc1ccc(F)c(NCC(C)(C)C)n1. The Hall–Kier alpha value is -1.65. The van der Waals surface area contributed by atoms with Crippen LogP contribution in [-0.4, -0.2) is 22.6 Å². The first-order valence-electron chi connectivity index (χ1n) is 6.24. The van der Waals surface area contributed by atoms with Gasteiger partial charge in [0.25, 0.3) is 0 Å². The molecule has 5 heteroatoms. The molecule has 0 unspecified atom stereocenters. The minimum absolute atomic E-state index is 0.123. The van der Waals surface area contributed by atoms with Crippen LogP contribution >= 0.6 is 0 Å². The van der Waals surface area contributed by atoms with Gasteiger partial charge in [0, 0.05) is 18.7 Å². The average molecular weight is 270 g/mol. The van der Waals surface area contributed by atoms with Crippen LogP contribution in [-0.2, 0) is 4.79 Å². The fraction of sp³-hybridized carbons (Fsp3) is 0.571. The number of hydrogen-bond donors (Lipinski definition) is 2. The van der Waals surface area contributed by atoms with E-state index in [9.17, 15) is 9.18 Å². The van der Waals surface area contributed by atoms with E-state index < -0.39 is 5.97 Å². The third-order valence-electron chi connectivity index (χ3n) is 2.07. The molecule has 1 aromatic heterocycles. The average Bonchev–Trinajstić information content (AvgIpc) is 2.30. The number of carboxylic acid groups (broad SMARTS) is 1. The number of aryl methyl sites for hydroxylation is 1. The molecule has 0 saturated carbocycles. The van der Waals surface area contributed by atoms with Gasteiger partial charge in [-0.25, -0.2) is 9.37 Å². The van der Waals surface area contributed by atoms with Crippen molar-refractivity contribution in [1.82, 2.24) is 4.98 Å². The van der Waals surface area contributed by atoms with Crippen molar-refractivity contribution in [2.24, 2.45) is 5.41 Å². The third kappa shape index (κ3) is 8.99. The van der Waals surface area contributed by atoms with E-state index >= 15 is 0 Å². The van der Waals surface area contributed by atoms with Crippen molar-refractivity contribution in [3.05, 3.63) is 23.6 Å². The van der Waals surface area contributed by atoms with Crippen LogP contribution in [0.1, 0.15) is 39.8 Å². The highest BCUT2D eigenvalue weighted by Gasteiger charge is 2.11. The fourth-order valence-electron chi connectivity index (χ4n) is 1.01. The molecule has 0 radical (unpaired) electrons. The summed E-state index contributed by atoms with van der Waals surface area (Å²) in [7, 11) is 0. The first-order chi connectivity index (χ1) is 8.65. The molecule has 0 amide bonds. The van der Waals surface area contributed by atoms with Crippen molar-refractivity contribution in [1.29, 1.82) is 0 Å². The number of nitrogens with zero attached hydrogens (tertiary/aromatic N) is 1. The van der Waals surface area contributed by atoms with Gasteiger partial charge in [-0.15, -0.1) is 0 Å². The standard InChI is InChI=1S/C11H17FN2.C3H6O2/c1-8-5-6-9(12)10(14-8)13-7-11(2,3)4;1-2-3(4)5/h5-6H,7H2,1-4H3,(H,13,14);2H2,1H3,(H,4,5). The number of aromatic nitrogens is 1. The lowest BCUT2D eigenvalue weighted by atomic mass is 9.97. The summed E-state index contributed by atoms with van der Waals surface area (Å²) in [6.07, 6.45) is 0.222. The second-order valence-corrected chi connectivity index (χ2v) is 5.44. The van der Waals surface area contributed by atoms with E-state index in [-0.39, 0.29) is 17.7 Å². The van der Waals surface area contributed by atoms with E-state index in [1.807, 2.05) is 6.92 Å². The molecule has 0 aliphatic heterocycles. The minimum Gasteiger partial charge on any atom is -0.481 e. The van der Waals surface area contributed by atoms with Gasteiger partial charge in [0.15, 0.2) is 11.6 Å². The summed E-state index contributed by atoms with van der Waals surface area (Å²) in [6, 6.07) is 3.10. The molecular formula is C14H23FN2O2. The number of carbonyl (C=O) groups is 1. The molecule has 1 aromatic rings. The molecule has 0 saturated heterocycles. The zero-order valence-corrected chi connectivity index (χ0v) is 12.2. The van der Waals surface area contributed by atoms with Crippen LogP contribution in [0.2, 0.25) is 0 Å². The largest absolute Gasteiger partial charge is 0.481 e. The van der Waals surface area contributed by atoms with E-state index in [1.54, 1.807) is 13.0 Å². The molecule has 0 fully saturated rings. The molecular weight excluding hydrogens is 247 g/mol. The summed E-state index contributed by atoms with van der Waals surface area (Å²) >= 11 is 0. The van der Waals surface area contributed by atoms with E-state index in [4.69, 9.17) is 5.11 Å². The molecule has 2 N–H and O–H groups in total. The second-order valence-electron chi connectivity index (χ2n) is 5.44. The molecule has 1 heterocycles. The highest BCUT2D eigenvalue weighted by Crippen LogP contribution is 2.16. The highest BCUT2D eigenvalue weighted by atomic mass is 19.1. The number of carboxylic acids is 1. The Balaban J connectivity index is 0.000000555. The van der Waals surface area contributed by atoms with Crippen molar-refractivity contribution >= 4 is 11.8 Å². The van der Waals surface area contributed by atoms with Gasteiger partial charge in [-0.3, -0.25) is 4.79 Å². The molecule has 4 nitrogen and oxygen atoms in total. The lowest BCUT2D eigenvalue weighted by Crippen LogP contribution is -2.20. The van der Waals surface area contributed by atoms with Gasteiger partial charge in [-0.2, -0.15) is 0 Å². The minimum atomic E-state index is -0.745. The van der Waals surface area contributed by atoms with Crippen molar-refractivity contribution in [3.63, 3.8) is 0 Å². The first-order valence-corrected chi connectivity index (χ1v) is 6.24. The van der Waals surface area contributed by atoms with Crippen molar-refractivity contribution in [3.8, 4) is 0 Å². The molecule has 0 aliphatic rings. The van der Waals surface area contributed by atoms with Crippen LogP contribution in [0.15, 0.2) is 12.1 Å². The molecule has 108 valence electrons. The highest BCUT2D eigenvalue weighted by molar-refractivity contribution is 5.66. The molecule has 0 aromatic carbocycles. The summed E-state index contributed by atoms with van der Waals surface area (Å²) in [5.41, 5.74) is 0.945. The Bertz CT molecular complexity index is 414. The van der Waals surface area contributed by atoms with Gasteiger partial charge in [-0.05, 0) is 24.5 Å². The monoisotopic (exact) mass is 270 g/mol. The van der Waals surface area contributed by atoms with Crippen LogP contribution in [0.5, 0.6) is 0 Å². The maximum atomic E-state index is 13.2. The number of pyridine rings is 1. The van der Waals surface area contributed by atoms with E-state index in [2.05, 4.69) is 31.1 Å². The van der Waals surface area contributed by atoms with Crippen LogP contribution < -0.4 is 5.32 Å². The quantitative estimate of drug-likeness (QED) is 0.882. The predicted molar refractivity (Wildman–Crippen MR) is 74.8 cm³/mol. The van der Waals surface area contributed by atoms with Gasteiger partial charge >= 0.3 is 5.97 Å². The normalized spacial score (nSPS) is 10.4. The Kier molecular flexibility index (Phi) is 7.04. The molecule has 0 spiro atoms. The van der Waals surface area contributed by atoms with Crippen LogP contribution in [0.4, 0.5) is 10.2 Å². The van der Waals surface area contributed by atoms with Crippen LogP contribution in [0, 0.1) is 18.2 Å². The first kappa shape index (κ1) is 17.4. The second kappa shape index (κ2) is 7.71. The number of rotatable bonds is 3. The number of hydrogen-bond acceptors (Lipinski definition) is 3. The molecule has 0 bridgehead atoms. The lowest BCUT2D eigenvalue weighted by Gasteiger charge is -2.19. The fourth-order valence-corrected chi connectivity index (χ4v) is 1.01. The van der Waals surface area contributed by atoms with E-state index in [0.717, 1.165) is 5.69 Å². The van der Waals surface area contributed by atoms with Crippen molar-refractivity contribution in [2.45, 2.75) is 41.0 Å². The topological polar surface area (TPSA) is 62.2 Å². The Morgan fingerprint density at radius 2 is 1.95 bits per heavy atom. The summed E-state index contributed by atoms with van der Waals surface area (Å²) < 4.78 is 13.2. The van der Waals surface area contributed by atoms with Gasteiger partial charge in [0.2, 0.25) is 0 Å². The Labute approximate surface area is 114 Å². The smallest absolute Gasteiger partial charge is 0.303 e. The molecule has 1 rings (SSSR count). The lowest BCUT2D eigenvalue weighted by molar-refractivity contribution is -0.136. The van der Waals surface area contributed by atoms with Crippen molar-refractivity contribution < 1.29 is 14.3 Å². The Morgan fingerprint density at radius 3 is 2.37 bits per heavy atom. The zero-order valence-electron chi connectivity index (χ0n) is 12.2. The van der Waals surface area contributed by atoms with Gasteiger partial charge in [0.1, 0.15) is 0 Å². The third-order valence-corrected chi connectivity index (χ3v) is 2.07. The van der Waals surface area contributed by atoms with E-state index in [1.165, 1.54) is 6.07 Å². The van der Waals surface area contributed by atoms with Gasteiger partial charge in [-0.1, -0.05) is 27.7 Å². The number of halogens is 1. The number of aliphatic carboxylic acids is 1. The maximum Gasteiger partial charge on any atom is 0.303 e. The predicted octanol–water partition coefficient (Wildman–Crippen LogP) is 3.47. The van der Waals surface area contributed by atoms with Gasteiger partial charge < -0.3 is 10.4 Å². The summed E-state index contributed by atoms with van der Waals surface area (Å²) in [6.45, 7) is 10.4. The number of anilines is 1. The van der Waals surface area contributed by atoms with Crippen LogP contribution in [0.25, 0.3) is 0 Å². The zero-order chi connectivity index (χ0) is 15.1. The summed E-state index contributed by atoms with van der Waals surface area (Å²) in [5.74, 6) is -0.690. The number of nitrogens with one attached hydrogen (secondary N) is 1. The van der Waals surface area contributed by atoms with Crippen LogP contribution in [0.3, 0.4) is 0 Å². The summed E-state index contributed by atoms with van der Waals surface area (Å²) in [5, 5.41) is 10.7. The maximum absolute atomic E-state index is 13.2. The van der Waals surface area contributed by atoms with E-state index in [0.29, 0.717) is 12.4 Å².